The Bertz CT molecular complexity index is 1140. The summed E-state index contributed by atoms with van der Waals surface area (Å²) in [6, 6.07) is 12.9. The van der Waals surface area contributed by atoms with Gasteiger partial charge in [-0.05, 0) is 79.3 Å². The number of H-pyrrole nitrogens is 1. The standard InChI is InChI=1S/C27H31ClN4O/c1-17-14-23(20-4-3-5-20)24(26-30-16-25(28)31-26)15-22(17)27(33)32-12-10-19(11-13-32)18-6-8-21(29-2)9-7-18/h6-9,14-16,19-20,29H,3-5,10-13H2,1-2H3,(H,30,31). The van der Waals surface area contributed by atoms with Gasteiger partial charge in [0.05, 0.1) is 6.20 Å². The van der Waals surface area contributed by atoms with Crippen molar-refractivity contribution in [3.8, 4) is 11.4 Å². The van der Waals surface area contributed by atoms with E-state index in [2.05, 4.69) is 52.5 Å². The molecule has 0 unspecified atom stereocenters. The molecule has 6 heteroatoms. The second-order valence-electron chi connectivity index (χ2n) is 9.40. The molecule has 5 rings (SSSR count). The molecule has 0 radical (unpaired) electrons. The van der Waals surface area contributed by atoms with Gasteiger partial charge >= 0.3 is 0 Å². The number of likely N-dealkylation sites (tertiary alicyclic amines) is 1. The summed E-state index contributed by atoms with van der Waals surface area (Å²) in [5.41, 5.74) is 6.61. The van der Waals surface area contributed by atoms with E-state index in [0.717, 1.165) is 54.1 Å². The van der Waals surface area contributed by atoms with Crippen LogP contribution in [0.1, 0.15) is 71.0 Å². The molecule has 0 bridgehead atoms. The van der Waals surface area contributed by atoms with Gasteiger partial charge in [-0.2, -0.15) is 0 Å². The summed E-state index contributed by atoms with van der Waals surface area (Å²) >= 11 is 6.13. The number of hydrogen-bond donors (Lipinski definition) is 2. The van der Waals surface area contributed by atoms with Gasteiger partial charge in [0.25, 0.3) is 5.91 Å². The summed E-state index contributed by atoms with van der Waals surface area (Å²) in [6.45, 7) is 3.62. The van der Waals surface area contributed by atoms with Crippen LogP contribution < -0.4 is 5.32 Å². The zero-order valence-corrected chi connectivity index (χ0v) is 20.1. The first-order chi connectivity index (χ1) is 16.0. The number of nitrogens with one attached hydrogen (secondary N) is 2. The number of halogens is 1. The maximum absolute atomic E-state index is 13.6. The van der Waals surface area contributed by atoms with Gasteiger partial charge in [-0.25, -0.2) is 4.98 Å². The van der Waals surface area contributed by atoms with E-state index in [-0.39, 0.29) is 5.91 Å². The van der Waals surface area contributed by atoms with Gasteiger partial charge in [0, 0.05) is 37.0 Å². The largest absolute Gasteiger partial charge is 0.388 e. The number of amides is 1. The number of carbonyl (C=O) groups excluding carboxylic acids is 1. The number of nitrogens with zero attached hydrogens (tertiary/aromatic N) is 2. The van der Waals surface area contributed by atoms with Crippen molar-refractivity contribution in [2.24, 2.45) is 0 Å². The molecular formula is C27H31ClN4O. The van der Waals surface area contributed by atoms with Gasteiger partial charge in [0.15, 0.2) is 0 Å². The molecule has 1 aliphatic heterocycles. The Morgan fingerprint density at radius 3 is 2.39 bits per heavy atom. The van der Waals surface area contributed by atoms with Crippen LogP contribution in [-0.4, -0.2) is 40.9 Å². The molecule has 172 valence electrons. The number of hydrogen-bond acceptors (Lipinski definition) is 3. The third-order valence-corrected chi connectivity index (χ3v) is 7.62. The number of anilines is 1. The lowest BCUT2D eigenvalue weighted by molar-refractivity contribution is 0.0712. The van der Waals surface area contributed by atoms with Crippen molar-refractivity contribution in [3.63, 3.8) is 0 Å². The molecule has 2 aliphatic rings. The van der Waals surface area contributed by atoms with Crippen LogP contribution in [0.3, 0.4) is 0 Å². The number of rotatable bonds is 5. The first-order valence-electron chi connectivity index (χ1n) is 12.0. The fraction of sp³-hybridized carbons (Fsp3) is 0.407. The van der Waals surface area contributed by atoms with Crippen molar-refractivity contribution in [1.29, 1.82) is 0 Å². The Morgan fingerprint density at radius 1 is 1.09 bits per heavy atom. The summed E-state index contributed by atoms with van der Waals surface area (Å²) in [5, 5.41) is 3.69. The molecular weight excluding hydrogens is 432 g/mol. The second-order valence-corrected chi connectivity index (χ2v) is 9.81. The normalized spacial score (nSPS) is 17.1. The molecule has 0 spiro atoms. The topological polar surface area (TPSA) is 61.0 Å². The fourth-order valence-electron chi connectivity index (χ4n) is 5.17. The molecule has 1 saturated heterocycles. The Kier molecular flexibility index (Phi) is 6.15. The molecule has 1 amide bonds. The molecule has 2 aromatic carbocycles. The third-order valence-electron chi connectivity index (χ3n) is 7.42. The lowest BCUT2D eigenvalue weighted by Gasteiger charge is -2.33. The summed E-state index contributed by atoms with van der Waals surface area (Å²) in [5.74, 6) is 1.91. The van der Waals surface area contributed by atoms with Crippen molar-refractivity contribution in [3.05, 3.63) is 70.0 Å². The Balaban J connectivity index is 1.36. The summed E-state index contributed by atoms with van der Waals surface area (Å²) < 4.78 is 0. The van der Waals surface area contributed by atoms with E-state index in [1.165, 1.54) is 30.4 Å². The highest BCUT2D eigenvalue weighted by atomic mass is 35.5. The van der Waals surface area contributed by atoms with Crippen LogP contribution in [-0.2, 0) is 0 Å². The lowest BCUT2D eigenvalue weighted by Crippen LogP contribution is -2.38. The van der Waals surface area contributed by atoms with Crippen molar-refractivity contribution in [2.45, 2.75) is 50.9 Å². The predicted molar refractivity (Wildman–Crippen MR) is 134 cm³/mol. The highest BCUT2D eigenvalue weighted by Crippen LogP contribution is 2.42. The van der Waals surface area contributed by atoms with Crippen molar-refractivity contribution < 1.29 is 4.79 Å². The number of carbonyl (C=O) groups is 1. The monoisotopic (exact) mass is 462 g/mol. The second kappa shape index (κ2) is 9.22. The van der Waals surface area contributed by atoms with Gasteiger partial charge in [-0.15, -0.1) is 0 Å². The van der Waals surface area contributed by atoms with E-state index >= 15 is 0 Å². The van der Waals surface area contributed by atoms with E-state index in [0.29, 0.717) is 17.0 Å². The van der Waals surface area contributed by atoms with Crippen LogP contribution >= 0.6 is 11.6 Å². The third kappa shape index (κ3) is 4.39. The number of piperidine rings is 1. The van der Waals surface area contributed by atoms with Crippen LogP contribution in [0, 0.1) is 6.92 Å². The highest BCUT2D eigenvalue weighted by molar-refractivity contribution is 6.29. The quantitative estimate of drug-likeness (QED) is 0.463. The lowest BCUT2D eigenvalue weighted by atomic mass is 9.77. The maximum atomic E-state index is 13.6. The van der Waals surface area contributed by atoms with Crippen molar-refractivity contribution >= 4 is 23.2 Å². The highest BCUT2D eigenvalue weighted by Gasteiger charge is 2.29. The molecule has 2 N–H and O–H groups in total. The molecule has 0 atom stereocenters. The minimum atomic E-state index is 0.121. The summed E-state index contributed by atoms with van der Waals surface area (Å²) in [4.78, 5) is 23.2. The predicted octanol–water partition coefficient (Wildman–Crippen LogP) is 6.37. The molecule has 2 fully saturated rings. The molecule has 1 aromatic heterocycles. The molecule has 1 saturated carbocycles. The minimum Gasteiger partial charge on any atom is -0.388 e. The van der Waals surface area contributed by atoms with Gasteiger partial charge in [-0.1, -0.05) is 36.2 Å². The van der Waals surface area contributed by atoms with Crippen molar-refractivity contribution in [1.82, 2.24) is 14.9 Å². The van der Waals surface area contributed by atoms with Crippen LogP contribution in [0.5, 0.6) is 0 Å². The SMILES string of the molecule is CNc1ccc(C2CCN(C(=O)c3cc(-c4ncc(Cl)[nH]4)c(C4CCC4)cc3C)CC2)cc1. The van der Waals surface area contributed by atoms with Gasteiger partial charge < -0.3 is 15.2 Å². The summed E-state index contributed by atoms with van der Waals surface area (Å²) in [7, 11) is 1.94. The van der Waals surface area contributed by atoms with Crippen LogP contribution in [0.2, 0.25) is 5.15 Å². The fourth-order valence-corrected chi connectivity index (χ4v) is 5.31. The average molecular weight is 463 g/mol. The van der Waals surface area contributed by atoms with Gasteiger partial charge in [0.1, 0.15) is 11.0 Å². The van der Waals surface area contributed by atoms with Crippen LogP contribution in [0.4, 0.5) is 5.69 Å². The first kappa shape index (κ1) is 22.0. The molecule has 1 aliphatic carbocycles. The minimum absolute atomic E-state index is 0.121. The average Bonchev–Trinajstić information content (AvgIpc) is 3.24. The smallest absolute Gasteiger partial charge is 0.254 e. The van der Waals surface area contributed by atoms with Crippen LogP contribution in [0.15, 0.2) is 42.6 Å². The van der Waals surface area contributed by atoms with Gasteiger partial charge in [-0.3, -0.25) is 4.79 Å². The van der Waals surface area contributed by atoms with E-state index in [9.17, 15) is 4.79 Å². The zero-order valence-electron chi connectivity index (χ0n) is 19.3. The Hall–Kier alpha value is -2.79. The maximum Gasteiger partial charge on any atom is 0.254 e. The number of aryl methyl sites for hydroxylation is 1. The Labute approximate surface area is 200 Å². The number of imidazole rings is 1. The number of benzene rings is 2. The van der Waals surface area contributed by atoms with E-state index in [4.69, 9.17) is 11.6 Å². The molecule has 33 heavy (non-hydrogen) atoms. The molecule has 5 nitrogen and oxygen atoms in total. The van der Waals surface area contributed by atoms with Crippen molar-refractivity contribution in [2.75, 3.05) is 25.5 Å². The Morgan fingerprint density at radius 2 is 1.82 bits per heavy atom. The van der Waals surface area contributed by atoms with Gasteiger partial charge in [0.2, 0.25) is 0 Å². The number of aromatic amines is 1. The number of aromatic nitrogens is 2. The molecule has 2 heterocycles. The van der Waals surface area contributed by atoms with E-state index in [1.54, 1.807) is 6.20 Å². The van der Waals surface area contributed by atoms with E-state index < -0.39 is 0 Å². The van der Waals surface area contributed by atoms with Crippen LogP contribution in [0.25, 0.3) is 11.4 Å². The first-order valence-corrected chi connectivity index (χ1v) is 12.3. The van der Waals surface area contributed by atoms with E-state index in [1.807, 2.05) is 18.0 Å². The molecule has 3 aromatic rings. The zero-order chi connectivity index (χ0) is 22.9. The summed E-state index contributed by atoms with van der Waals surface area (Å²) in [6.07, 6.45) is 7.26.